The van der Waals surface area contributed by atoms with E-state index in [1.807, 2.05) is 6.92 Å². The average molecular weight is 462 g/mol. The maximum atomic E-state index is 11.9. The lowest BCUT2D eigenvalue weighted by atomic mass is 10.2. The largest absolute Gasteiger partial charge is 0.459 e. The van der Waals surface area contributed by atoms with E-state index in [1.165, 1.54) is 11.8 Å². The molecule has 2 aromatic rings. The molecule has 0 aliphatic heterocycles. The Balaban J connectivity index is 0.00000288. The lowest BCUT2D eigenvalue weighted by molar-refractivity contribution is 0.0925. The summed E-state index contributed by atoms with van der Waals surface area (Å²) in [6.45, 7) is 3.90. The average Bonchev–Trinajstić information content (AvgIpc) is 3.21. The summed E-state index contributed by atoms with van der Waals surface area (Å²) in [6, 6.07) is 3.86. The summed E-state index contributed by atoms with van der Waals surface area (Å²) in [5, 5.41) is 13.5. The van der Waals surface area contributed by atoms with Gasteiger partial charge in [-0.2, -0.15) is 11.3 Å². The Morgan fingerprint density at radius 2 is 2.04 bits per heavy atom. The number of carbonyl (C=O) groups is 1. The molecular formula is C16H23IN4O2S. The molecule has 0 unspecified atom stereocenters. The van der Waals surface area contributed by atoms with Crippen molar-refractivity contribution < 1.29 is 9.21 Å². The first kappa shape index (κ1) is 20.5. The summed E-state index contributed by atoms with van der Waals surface area (Å²) < 4.78 is 5.15. The summed E-state index contributed by atoms with van der Waals surface area (Å²) in [7, 11) is 1.74. The molecule has 2 heterocycles. The predicted molar refractivity (Wildman–Crippen MR) is 108 cm³/mol. The van der Waals surface area contributed by atoms with Crippen LogP contribution in [-0.4, -0.2) is 32.0 Å². The van der Waals surface area contributed by atoms with Crippen molar-refractivity contribution in [2.45, 2.75) is 19.9 Å². The van der Waals surface area contributed by atoms with Gasteiger partial charge in [-0.3, -0.25) is 9.79 Å². The molecule has 2 rings (SSSR count). The third-order valence-corrected chi connectivity index (χ3v) is 4.00. The van der Waals surface area contributed by atoms with Gasteiger partial charge in [-0.1, -0.05) is 0 Å². The highest BCUT2D eigenvalue weighted by Gasteiger charge is 2.11. The summed E-state index contributed by atoms with van der Waals surface area (Å²) in [6.07, 6.45) is 2.32. The first-order valence-electron chi connectivity index (χ1n) is 7.48. The van der Waals surface area contributed by atoms with Gasteiger partial charge in [0.05, 0.1) is 6.26 Å². The Kier molecular flexibility index (Phi) is 9.46. The fraction of sp³-hybridized carbons (Fsp3) is 0.375. The van der Waals surface area contributed by atoms with Crippen LogP contribution in [0, 0.1) is 6.92 Å². The van der Waals surface area contributed by atoms with Crippen LogP contribution in [0.5, 0.6) is 0 Å². The van der Waals surface area contributed by atoms with Gasteiger partial charge < -0.3 is 20.4 Å². The zero-order chi connectivity index (χ0) is 16.5. The maximum absolute atomic E-state index is 11.9. The van der Waals surface area contributed by atoms with E-state index in [4.69, 9.17) is 4.42 Å². The number of thiophene rings is 1. The number of nitrogens with zero attached hydrogens (tertiary/aromatic N) is 1. The number of nitrogens with one attached hydrogen (secondary N) is 3. The highest BCUT2D eigenvalue weighted by molar-refractivity contribution is 14.0. The van der Waals surface area contributed by atoms with Gasteiger partial charge >= 0.3 is 0 Å². The van der Waals surface area contributed by atoms with Crippen LogP contribution in [0.15, 0.2) is 38.6 Å². The number of hydrogen-bond donors (Lipinski definition) is 3. The molecule has 1 amide bonds. The van der Waals surface area contributed by atoms with Crippen LogP contribution in [0.25, 0.3) is 0 Å². The second-order valence-corrected chi connectivity index (χ2v) is 5.81. The number of guanidine groups is 1. The summed E-state index contributed by atoms with van der Waals surface area (Å²) >= 11 is 1.68. The molecule has 3 N–H and O–H groups in total. The predicted octanol–water partition coefficient (Wildman–Crippen LogP) is 2.75. The van der Waals surface area contributed by atoms with Crippen molar-refractivity contribution in [3.8, 4) is 0 Å². The number of carbonyl (C=O) groups excluding carboxylic acids is 1. The van der Waals surface area contributed by atoms with E-state index in [-0.39, 0.29) is 29.9 Å². The molecule has 2 aromatic heterocycles. The number of amides is 1. The summed E-state index contributed by atoms with van der Waals surface area (Å²) in [5.41, 5.74) is 2.08. The van der Waals surface area contributed by atoms with Crippen LogP contribution in [0.4, 0.5) is 0 Å². The van der Waals surface area contributed by atoms with Crippen LogP contribution in [-0.2, 0) is 6.54 Å². The molecule has 0 aliphatic carbocycles. The molecule has 0 spiro atoms. The van der Waals surface area contributed by atoms with Gasteiger partial charge in [0, 0.05) is 32.2 Å². The lowest BCUT2D eigenvalue weighted by Crippen LogP contribution is -2.38. The fourth-order valence-corrected chi connectivity index (χ4v) is 2.65. The summed E-state index contributed by atoms with van der Waals surface area (Å²) in [5.74, 6) is 0.961. The maximum Gasteiger partial charge on any atom is 0.287 e. The number of aryl methyl sites for hydroxylation is 1. The van der Waals surface area contributed by atoms with Crippen molar-refractivity contribution in [1.29, 1.82) is 0 Å². The molecule has 0 bridgehead atoms. The smallest absolute Gasteiger partial charge is 0.287 e. The normalized spacial score (nSPS) is 10.8. The SMILES string of the molecule is CN=C(NCCCNC(=O)c1occc1C)NCc1ccsc1.I. The van der Waals surface area contributed by atoms with Crippen molar-refractivity contribution in [2.75, 3.05) is 20.1 Å². The standard InChI is InChI=1S/C16H22N4O2S.HI/c1-12-4-8-22-14(12)15(21)18-6-3-7-19-16(17-2)20-10-13-5-9-23-11-13;/h4-5,8-9,11H,3,6-7,10H2,1-2H3,(H,18,21)(H2,17,19,20);1H. The zero-order valence-corrected chi connectivity index (χ0v) is 16.9. The molecule has 0 radical (unpaired) electrons. The quantitative estimate of drug-likeness (QED) is 0.256. The van der Waals surface area contributed by atoms with Crippen LogP contribution >= 0.6 is 35.3 Å². The van der Waals surface area contributed by atoms with E-state index >= 15 is 0 Å². The highest BCUT2D eigenvalue weighted by atomic mass is 127. The molecule has 0 atom stereocenters. The van der Waals surface area contributed by atoms with Crippen molar-refractivity contribution in [3.05, 3.63) is 46.0 Å². The van der Waals surface area contributed by atoms with Crippen LogP contribution < -0.4 is 16.0 Å². The van der Waals surface area contributed by atoms with E-state index in [2.05, 4.69) is 37.8 Å². The monoisotopic (exact) mass is 462 g/mol. The molecule has 132 valence electrons. The van der Waals surface area contributed by atoms with Gasteiger partial charge in [-0.05, 0) is 41.8 Å². The highest BCUT2D eigenvalue weighted by Crippen LogP contribution is 2.07. The Morgan fingerprint density at radius 3 is 2.67 bits per heavy atom. The molecular weight excluding hydrogens is 439 g/mol. The molecule has 0 saturated carbocycles. The van der Waals surface area contributed by atoms with Gasteiger partial charge in [0.15, 0.2) is 11.7 Å². The van der Waals surface area contributed by atoms with E-state index in [1.54, 1.807) is 24.5 Å². The van der Waals surface area contributed by atoms with Gasteiger partial charge in [0.2, 0.25) is 0 Å². The second-order valence-electron chi connectivity index (χ2n) is 5.03. The second kappa shape index (κ2) is 11.1. The third kappa shape index (κ3) is 6.52. The molecule has 24 heavy (non-hydrogen) atoms. The minimum absolute atomic E-state index is 0. The molecule has 0 fully saturated rings. The summed E-state index contributed by atoms with van der Waals surface area (Å²) in [4.78, 5) is 16.0. The Labute approximate surface area is 163 Å². The number of hydrogen-bond acceptors (Lipinski definition) is 4. The van der Waals surface area contributed by atoms with Gasteiger partial charge in [0.1, 0.15) is 0 Å². The third-order valence-electron chi connectivity index (χ3n) is 3.26. The minimum atomic E-state index is -0.174. The molecule has 6 nitrogen and oxygen atoms in total. The molecule has 0 saturated heterocycles. The van der Waals surface area contributed by atoms with Crippen LogP contribution in [0.3, 0.4) is 0 Å². The topological polar surface area (TPSA) is 78.7 Å². The Bertz CT molecular complexity index is 640. The van der Waals surface area contributed by atoms with E-state index in [9.17, 15) is 4.79 Å². The van der Waals surface area contributed by atoms with Crippen molar-refractivity contribution in [1.82, 2.24) is 16.0 Å². The number of aliphatic imine (C=N–C) groups is 1. The Morgan fingerprint density at radius 1 is 1.25 bits per heavy atom. The molecule has 0 aliphatic rings. The van der Waals surface area contributed by atoms with Gasteiger partial charge in [-0.15, -0.1) is 24.0 Å². The van der Waals surface area contributed by atoms with Crippen LogP contribution in [0.1, 0.15) is 28.1 Å². The van der Waals surface area contributed by atoms with E-state index < -0.39 is 0 Å². The number of rotatable bonds is 7. The van der Waals surface area contributed by atoms with Gasteiger partial charge in [-0.25, -0.2) is 0 Å². The van der Waals surface area contributed by atoms with Crippen molar-refractivity contribution in [2.24, 2.45) is 4.99 Å². The van der Waals surface area contributed by atoms with Gasteiger partial charge in [0.25, 0.3) is 5.91 Å². The van der Waals surface area contributed by atoms with E-state index in [0.29, 0.717) is 12.3 Å². The van der Waals surface area contributed by atoms with Crippen LogP contribution in [0.2, 0.25) is 0 Å². The Hall–Kier alpha value is -1.55. The lowest BCUT2D eigenvalue weighted by Gasteiger charge is -2.11. The number of furan rings is 1. The first-order chi connectivity index (χ1) is 11.2. The minimum Gasteiger partial charge on any atom is -0.459 e. The zero-order valence-electron chi connectivity index (χ0n) is 13.8. The molecule has 8 heteroatoms. The molecule has 0 aromatic carbocycles. The first-order valence-corrected chi connectivity index (χ1v) is 8.43. The van der Waals surface area contributed by atoms with E-state index in [0.717, 1.165) is 31.0 Å². The fourth-order valence-electron chi connectivity index (χ4n) is 1.98. The van der Waals surface area contributed by atoms with Crippen molar-refractivity contribution >= 4 is 47.2 Å². The van der Waals surface area contributed by atoms with Crippen molar-refractivity contribution in [3.63, 3.8) is 0 Å². The number of halogens is 1.